The highest BCUT2D eigenvalue weighted by Crippen LogP contribution is 2.38. The molecule has 2 heterocycles. The molecule has 0 bridgehead atoms. The Morgan fingerprint density at radius 3 is 2.62 bits per heavy atom. The van der Waals surface area contributed by atoms with E-state index in [0.29, 0.717) is 46.0 Å². The molecule has 1 N–H and O–H groups in total. The molecule has 0 amide bonds. The number of hydrogen-bond donors (Lipinski definition) is 1. The minimum absolute atomic E-state index is 0.133. The predicted octanol–water partition coefficient (Wildman–Crippen LogP) is 3.21. The van der Waals surface area contributed by atoms with Crippen LogP contribution in [0.1, 0.15) is 43.9 Å². The summed E-state index contributed by atoms with van der Waals surface area (Å²) >= 11 is 1.09. The summed E-state index contributed by atoms with van der Waals surface area (Å²) in [5.41, 5.74) is 0.644. The van der Waals surface area contributed by atoms with Gasteiger partial charge in [0.05, 0.1) is 41.6 Å². The van der Waals surface area contributed by atoms with E-state index in [1.807, 2.05) is 6.92 Å². The maximum atomic E-state index is 13.9. The van der Waals surface area contributed by atoms with Gasteiger partial charge in [0.15, 0.2) is 10.6 Å². The highest BCUT2D eigenvalue weighted by atomic mass is 32.1. The van der Waals surface area contributed by atoms with Gasteiger partial charge in [-0.2, -0.15) is 0 Å². The van der Waals surface area contributed by atoms with E-state index in [1.165, 1.54) is 43.1 Å². The van der Waals surface area contributed by atoms with Crippen LogP contribution in [0.4, 0.5) is 5.69 Å². The number of carbonyl (C=O) groups excluding carboxylic acids is 1. The van der Waals surface area contributed by atoms with Gasteiger partial charge < -0.3 is 19.3 Å². The van der Waals surface area contributed by atoms with Gasteiger partial charge in [-0.15, -0.1) is 0 Å². The van der Waals surface area contributed by atoms with E-state index < -0.39 is 33.9 Å². The van der Waals surface area contributed by atoms with Gasteiger partial charge in [-0.05, 0) is 49.2 Å². The van der Waals surface area contributed by atoms with Crippen molar-refractivity contribution in [1.29, 1.82) is 0 Å². The van der Waals surface area contributed by atoms with Gasteiger partial charge in [0, 0.05) is 11.6 Å². The van der Waals surface area contributed by atoms with Crippen LogP contribution in [0.15, 0.2) is 57.5 Å². The Morgan fingerprint density at radius 2 is 1.97 bits per heavy atom. The number of aromatic hydroxyl groups is 1. The number of phenolic OH excluding ortho intramolecular Hbond substituents is 1. The van der Waals surface area contributed by atoms with E-state index in [1.54, 1.807) is 25.1 Å². The number of carbonyl (C=O) groups is 1. The molecule has 204 valence electrons. The molecule has 11 nitrogen and oxygen atoms in total. The third-order valence-corrected chi connectivity index (χ3v) is 7.10. The number of aromatic nitrogens is 1. The predicted molar refractivity (Wildman–Crippen MR) is 144 cm³/mol. The quantitative estimate of drug-likeness (QED) is 0.242. The average Bonchev–Trinajstić information content (AvgIpc) is 3.22. The number of allylic oxidation sites excluding steroid dienone is 1. The minimum atomic E-state index is -0.928. The molecule has 0 saturated heterocycles. The maximum absolute atomic E-state index is 13.9. The Hall–Kier alpha value is -4.45. The molecule has 39 heavy (non-hydrogen) atoms. The molecule has 0 aliphatic carbocycles. The van der Waals surface area contributed by atoms with Crippen LogP contribution in [-0.2, 0) is 9.53 Å². The number of ether oxygens (including phenoxy) is 3. The van der Waals surface area contributed by atoms with Gasteiger partial charge in [-0.25, -0.2) is 9.79 Å². The van der Waals surface area contributed by atoms with Crippen LogP contribution in [0.5, 0.6) is 17.2 Å². The number of benzene rings is 2. The van der Waals surface area contributed by atoms with Crippen molar-refractivity contribution in [3.05, 3.63) is 88.6 Å². The molecule has 0 spiro atoms. The average molecular weight is 554 g/mol. The molecular weight excluding hydrogens is 526 g/mol. The van der Waals surface area contributed by atoms with E-state index >= 15 is 0 Å². The van der Waals surface area contributed by atoms with Gasteiger partial charge in [-0.1, -0.05) is 30.7 Å². The zero-order valence-electron chi connectivity index (χ0n) is 21.8. The van der Waals surface area contributed by atoms with Crippen molar-refractivity contribution in [2.45, 2.75) is 32.7 Å². The third kappa shape index (κ3) is 5.28. The fourth-order valence-electron chi connectivity index (χ4n) is 4.40. The Balaban J connectivity index is 2.05. The second kappa shape index (κ2) is 11.5. The molecule has 1 aliphatic heterocycles. The SMILES string of the molecule is CCCC1=C(C(=O)OCC)[C@H](c2cc(OC)ccc2OC)n2c(s/c(=C\c3ccc(O)c([N+](=O)[O-])c3)c2=O)=N1. The zero-order chi connectivity index (χ0) is 28.3. The number of hydrogen-bond acceptors (Lipinski definition) is 10. The molecule has 4 rings (SSSR count). The van der Waals surface area contributed by atoms with Crippen molar-refractivity contribution in [1.82, 2.24) is 4.57 Å². The normalized spacial score (nSPS) is 15.0. The topological polar surface area (TPSA) is 142 Å². The van der Waals surface area contributed by atoms with E-state index in [9.17, 15) is 24.8 Å². The monoisotopic (exact) mass is 553 g/mol. The molecule has 0 radical (unpaired) electrons. The van der Waals surface area contributed by atoms with Crippen molar-refractivity contribution in [2.75, 3.05) is 20.8 Å². The van der Waals surface area contributed by atoms with E-state index in [0.717, 1.165) is 11.3 Å². The second-order valence-electron chi connectivity index (χ2n) is 8.53. The lowest BCUT2D eigenvalue weighted by Crippen LogP contribution is -2.40. The summed E-state index contributed by atoms with van der Waals surface area (Å²) in [4.78, 5) is 42.9. The lowest BCUT2D eigenvalue weighted by molar-refractivity contribution is -0.385. The highest BCUT2D eigenvalue weighted by molar-refractivity contribution is 7.07. The largest absolute Gasteiger partial charge is 0.502 e. The van der Waals surface area contributed by atoms with Crippen LogP contribution in [0.2, 0.25) is 0 Å². The Morgan fingerprint density at radius 1 is 1.21 bits per heavy atom. The number of fused-ring (bicyclic) bond motifs is 1. The molecule has 0 unspecified atom stereocenters. The number of esters is 1. The fraction of sp³-hybridized carbons (Fsp3) is 0.296. The van der Waals surface area contributed by atoms with Gasteiger partial charge in [-0.3, -0.25) is 19.5 Å². The van der Waals surface area contributed by atoms with E-state index in [-0.39, 0.29) is 16.7 Å². The number of nitro groups is 1. The number of rotatable bonds is 9. The fourth-order valence-corrected chi connectivity index (χ4v) is 5.42. The van der Waals surface area contributed by atoms with Crippen molar-refractivity contribution in [3.8, 4) is 17.2 Å². The molecule has 0 saturated carbocycles. The molecular formula is C27H27N3O8S. The first-order valence-electron chi connectivity index (χ1n) is 12.1. The molecule has 1 aliphatic rings. The van der Waals surface area contributed by atoms with Gasteiger partial charge in [0.2, 0.25) is 0 Å². The number of nitrogens with zero attached hydrogens (tertiary/aromatic N) is 3. The summed E-state index contributed by atoms with van der Waals surface area (Å²) in [7, 11) is 3.01. The standard InChI is InChI=1S/C27H27N3O8S/c1-5-7-18-23(26(33)38-6-2)24(17-14-16(36-3)9-11-21(17)37-4)29-25(32)22(39-27(29)28-18)13-15-8-10-20(31)19(12-15)30(34)35/h8-14,24,31H,5-7H2,1-4H3/b22-13-/t24-/m0/s1. The summed E-state index contributed by atoms with van der Waals surface area (Å²) in [6.07, 6.45) is 2.64. The Kier molecular flexibility index (Phi) is 8.15. The number of nitro benzene ring substituents is 1. The summed E-state index contributed by atoms with van der Waals surface area (Å²) < 4.78 is 18.1. The number of methoxy groups -OCH3 is 2. The Labute approximate surface area is 227 Å². The van der Waals surface area contributed by atoms with Crippen LogP contribution in [-0.4, -0.2) is 41.4 Å². The summed E-state index contributed by atoms with van der Waals surface area (Å²) in [6, 6.07) is 8.04. The van der Waals surface area contributed by atoms with Crippen LogP contribution < -0.4 is 24.4 Å². The lowest BCUT2D eigenvalue weighted by atomic mass is 9.93. The van der Waals surface area contributed by atoms with Gasteiger partial charge >= 0.3 is 11.7 Å². The molecule has 12 heteroatoms. The van der Waals surface area contributed by atoms with Crippen LogP contribution in [0.3, 0.4) is 0 Å². The lowest BCUT2D eigenvalue weighted by Gasteiger charge is -2.27. The summed E-state index contributed by atoms with van der Waals surface area (Å²) in [5.74, 6) is -0.138. The zero-order valence-corrected chi connectivity index (χ0v) is 22.6. The first kappa shape index (κ1) is 27.6. The van der Waals surface area contributed by atoms with Gasteiger partial charge in [0.25, 0.3) is 5.56 Å². The summed E-state index contributed by atoms with van der Waals surface area (Å²) in [6.45, 7) is 3.79. The molecule has 1 atom stereocenters. The van der Waals surface area contributed by atoms with Crippen molar-refractivity contribution >= 4 is 29.1 Å². The van der Waals surface area contributed by atoms with Gasteiger partial charge in [0.1, 0.15) is 17.5 Å². The second-order valence-corrected chi connectivity index (χ2v) is 9.54. The molecule has 3 aromatic rings. The van der Waals surface area contributed by atoms with E-state index in [4.69, 9.17) is 19.2 Å². The number of phenols is 1. The van der Waals surface area contributed by atoms with Crippen molar-refractivity contribution in [3.63, 3.8) is 0 Å². The minimum Gasteiger partial charge on any atom is -0.502 e. The van der Waals surface area contributed by atoms with Crippen LogP contribution >= 0.6 is 11.3 Å². The first-order chi connectivity index (χ1) is 18.7. The van der Waals surface area contributed by atoms with Crippen molar-refractivity contribution in [2.24, 2.45) is 4.99 Å². The first-order valence-corrected chi connectivity index (χ1v) is 13.0. The van der Waals surface area contributed by atoms with Crippen molar-refractivity contribution < 1.29 is 29.0 Å². The highest BCUT2D eigenvalue weighted by Gasteiger charge is 2.36. The molecule has 1 aromatic heterocycles. The van der Waals surface area contributed by atoms with Crippen LogP contribution in [0, 0.1) is 10.1 Å². The Bertz CT molecular complexity index is 1650. The maximum Gasteiger partial charge on any atom is 0.338 e. The molecule has 0 fully saturated rings. The number of thiazole rings is 1. The smallest absolute Gasteiger partial charge is 0.338 e. The van der Waals surface area contributed by atoms with Crippen LogP contribution in [0.25, 0.3) is 6.08 Å². The van der Waals surface area contributed by atoms with E-state index in [2.05, 4.69) is 0 Å². The molecule has 2 aromatic carbocycles. The third-order valence-electron chi connectivity index (χ3n) is 6.12. The summed E-state index contributed by atoms with van der Waals surface area (Å²) in [5, 5.41) is 21.1.